The van der Waals surface area contributed by atoms with Crippen molar-refractivity contribution in [3.8, 4) is 0 Å². The SMILES string of the molecule is CC(C)C[C@H](NC(=O)[C@H](Cc1c[nH]c2ccccc12)NC(=O)[C@H](CCC(N)=O)NC(=O)[C@@H](NC(=O)[C@H](Cc1ccccc1)NC(=O)[C@H](C)N)C(C)C)C(=O)O. The lowest BCUT2D eigenvalue weighted by molar-refractivity contribution is -0.142. The largest absolute Gasteiger partial charge is 0.480 e. The van der Waals surface area contributed by atoms with Gasteiger partial charge in [-0.1, -0.05) is 76.2 Å². The zero-order chi connectivity index (χ0) is 40.8. The Morgan fingerprint density at radius 1 is 0.673 bits per heavy atom. The fraction of sp³-hybridized carbons (Fsp3) is 0.462. The van der Waals surface area contributed by atoms with Gasteiger partial charge >= 0.3 is 5.97 Å². The number of fused-ring (bicyclic) bond motifs is 1. The highest BCUT2D eigenvalue weighted by molar-refractivity contribution is 5.97. The number of nitrogens with two attached hydrogens (primary N) is 2. The van der Waals surface area contributed by atoms with Crippen molar-refractivity contribution in [2.75, 3.05) is 0 Å². The van der Waals surface area contributed by atoms with Crippen molar-refractivity contribution in [3.63, 3.8) is 0 Å². The van der Waals surface area contributed by atoms with Gasteiger partial charge in [0.2, 0.25) is 35.4 Å². The molecule has 0 aliphatic carbocycles. The average molecular weight is 763 g/mol. The molecule has 2 aromatic carbocycles. The van der Waals surface area contributed by atoms with E-state index < -0.39 is 83.6 Å². The number of hydrogen-bond donors (Lipinski definition) is 9. The van der Waals surface area contributed by atoms with Crippen LogP contribution in [-0.2, 0) is 46.4 Å². The number of amides is 6. The van der Waals surface area contributed by atoms with Gasteiger partial charge in [0.25, 0.3) is 0 Å². The highest BCUT2D eigenvalue weighted by atomic mass is 16.4. The molecule has 3 aromatic rings. The third kappa shape index (κ3) is 13.5. The summed E-state index contributed by atoms with van der Waals surface area (Å²) < 4.78 is 0. The molecule has 0 aliphatic rings. The quantitative estimate of drug-likeness (QED) is 0.0741. The van der Waals surface area contributed by atoms with Crippen LogP contribution in [0.5, 0.6) is 0 Å². The summed E-state index contributed by atoms with van der Waals surface area (Å²) in [7, 11) is 0. The van der Waals surface area contributed by atoms with E-state index in [4.69, 9.17) is 11.5 Å². The monoisotopic (exact) mass is 762 g/mol. The van der Waals surface area contributed by atoms with Crippen LogP contribution in [0.2, 0.25) is 0 Å². The number of carboxylic acids is 1. The van der Waals surface area contributed by atoms with E-state index >= 15 is 0 Å². The van der Waals surface area contributed by atoms with Gasteiger partial charge in [0.15, 0.2) is 0 Å². The molecule has 298 valence electrons. The number of carbonyl (C=O) groups excluding carboxylic acids is 6. The number of primary amides is 1. The summed E-state index contributed by atoms with van der Waals surface area (Å²) in [6.07, 6.45) is 1.31. The summed E-state index contributed by atoms with van der Waals surface area (Å²) >= 11 is 0. The fourth-order valence-corrected chi connectivity index (χ4v) is 5.94. The van der Waals surface area contributed by atoms with Crippen LogP contribution < -0.4 is 38.1 Å². The Kier molecular flexibility index (Phi) is 16.4. The van der Waals surface area contributed by atoms with Crippen LogP contribution in [0.15, 0.2) is 60.8 Å². The molecule has 0 spiro atoms. The van der Waals surface area contributed by atoms with Gasteiger partial charge in [0.05, 0.1) is 6.04 Å². The normalized spacial score (nSPS) is 14.5. The highest BCUT2D eigenvalue weighted by Gasteiger charge is 2.34. The minimum absolute atomic E-state index is 0.0489. The lowest BCUT2D eigenvalue weighted by Crippen LogP contribution is -2.60. The third-order valence-electron chi connectivity index (χ3n) is 8.94. The number of aliphatic carboxylic acids is 1. The van der Waals surface area contributed by atoms with Crippen LogP contribution in [-0.4, -0.2) is 87.8 Å². The van der Waals surface area contributed by atoms with E-state index in [2.05, 4.69) is 31.6 Å². The zero-order valence-electron chi connectivity index (χ0n) is 31.9. The van der Waals surface area contributed by atoms with Crippen LogP contribution in [0.25, 0.3) is 10.9 Å². The first kappa shape index (κ1) is 43.6. The molecule has 55 heavy (non-hydrogen) atoms. The van der Waals surface area contributed by atoms with Gasteiger partial charge in [-0.25, -0.2) is 4.79 Å². The molecule has 11 N–H and O–H groups in total. The Balaban J connectivity index is 1.89. The summed E-state index contributed by atoms with van der Waals surface area (Å²) in [6.45, 7) is 8.44. The van der Waals surface area contributed by atoms with Gasteiger partial charge in [0, 0.05) is 36.4 Å². The number of para-hydroxylation sites is 1. The maximum absolute atomic E-state index is 14.0. The number of nitrogens with one attached hydrogen (secondary N) is 6. The molecule has 0 unspecified atom stereocenters. The lowest BCUT2D eigenvalue weighted by atomic mass is 9.99. The predicted molar refractivity (Wildman–Crippen MR) is 206 cm³/mol. The first-order chi connectivity index (χ1) is 26.0. The molecule has 3 rings (SSSR count). The van der Waals surface area contributed by atoms with E-state index in [1.807, 2.05) is 38.1 Å². The molecule has 6 amide bonds. The smallest absolute Gasteiger partial charge is 0.326 e. The maximum Gasteiger partial charge on any atom is 0.326 e. The Morgan fingerprint density at radius 2 is 1.22 bits per heavy atom. The molecule has 1 aromatic heterocycles. The standard InChI is InChI=1S/C39H54N8O8/c1-21(2)17-31(39(54)55)46-36(51)30(19-25-20-42-27-14-10-9-13-26(25)27)45-35(50)28(15-16-32(41)48)43-38(53)33(22(3)4)47-37(52)29(44-34(49)23(5)40)18-24-11-7-6-8-12-24/h6-14,20-23,28-31,33,42H,15-19,40H2,1-5H3,(H2,41,48)(H,43,53)(H,44,49)(H,45,50)(H,46,51)(H,47,52)(H,54,55)/t23-,28-,29-,30-,31-,33-/m0/s1. The number of carbonyl (C=O) groups is 7. The van der Waals surface area contributed by atoms with Crippen LogP contribution in [0, 0.1) is 11.8 Å². The van der Waals surface area contributed by atoms with Crippen LogP contribution in [0.1, 0.15) is 65.0 Å². The molecule has 6 atom stereocenters. The topological polar surface area (TPSA) is 268 Å². The van der Waals surface area contributed by atoms with Crippen molar-refractivity contribution in [2.24, 2.45) is 23.3 Å². The van der Waals surface area contributed by atoms with Crippen molar-refractivity contribution >= 4 is 52.3 Å². The van der Waals surface area contributed by atoms with Crippen molar-refractivity contribution in [1.29, 1.82) is 0 Å². The molecule has 0 bridgehead atoms. The van der Waals surface area contributed by atoms with Gasteiger partial charge in [0.1, 0.15) is 30.2 Å². The van der Waals surface area contributed by atoms with E-state index in [1.54, 1.807) is 50.4 Å². The number of carboxylic acid groups (broad SMARTS) is 1. The van der Waals surface area contributed by atoms with E-state index in [9.17, 15) is 38.7 Å². The van der Waals surface area contributed by atoms with Crippen LogP contribution in [0.3, 0.4) is 0 Å². The van der Waals surface area contributed by atoms with Crippen molar-refractivity contribution in [2.45, 2.75) is 103 Å². The lowest BCUT2D eigenvalue weighted by Gasteiger charge is -2.28. The number of hydrogen-bond acceptors (Lipinski definition) is 8. The number of H-pyrrole nitrogens is 1. The molecule has 0 saturated heterocycles. The second-order valence-corrected chi connectivity index (χ2v) is 14.5. The minimum atomic E-state index is -1.40. The molecule has 1 heterocycles. The Labute approximate surface area is 320 Å². The molecule has 0 radical (unpaired) electrons. The Morgan fingerprint density at radius 3 is 1.82 bits per heavy atom. The molecule has 16 nitrogen and oxygen atoms in total. The number of rotatable bonds is 21. The summed E-state index contributed by atoms with van der Waals surface area (Å²) in [4.78, 5) is 94.8. The summed E-state index contributed by atoms with van der Waals surface area (Å²) in [5.41, 5.74) is 13.3. The number of aromatic nitrogens is 1. The van der Waals surface area contributed by atoms with E-state index in [0.717, 1.165) is 16.5 Å². The molecule has 0 saturated carbocycles. The second-order valence-electron chi connectivity index (χ2n) is 14.5. The molecular formula is C39H54N8O8. The second kappa shape index (κ2) is 20.6. The molecule has 16 heteroatoms. The van der Waals surface area contributed by atoms with Gasteiger partial charge in [-0.05, 0) is 48.8 Å². The van der Waals surface area contributed by atoms with Gasteiger partial charge in [-0.2, -0.15) is 0 Å². The number of aromatic amines is 1. The van der Waals surface area contributed by atoms with Crippen molar-refractivity contribution < 1.29 is 38.7 Å². The van der Waals surface area contributed by atoms with E-state index in [1.165, 1.54) is 6.92 Å². The van der Waals surface area contributed by atoms with Crippen molar-refractivity contribution in [3.05, 3.63) is 71.9 Å². The molecule has 0 aliphatic heterocycles. The van der Waals surface area contributed by atoms with Crippen molar-refractivity contribution in [1.82, 2.24) is 31.6 Å². The van der Waals surface area contributed by atoms with Gasteiger partial charge in [-0.15, -0.1) is 0 Å². The zero-order valence-corrected chi connectivity index (χ0v) is 31.9. The Bertz CT molecular complexity index is 1810. The average Bonchev–Trinajstić information content (AvgIpc) is 3.53. The Hall–Kier alpha value is -5.77. The van der Waals surface area contributed by atoms with Gasteiger partial charge < -0.3 is 48.1 Å². The maximum atomic E-state index is 14.0. The first-order valence-corrected chi connectivity index (χ1v) is 18.3. The fourth-order valence-electron chi connectivity index (χ4n) is 5.94. The number of benzene rings is 2. The van der Waals surface area contributed by atoms with E-state index in [-0.39, 0.29) is 38.0 Å². The molecular weight excluding hydrogens is 708 g/mol. The highest BCUT2D eigenvalue weighted by Crippen LogP contribution is 2.20. The predicted octanol–water partition coefficient (Wildman–Crippen LogP) is 0.777. The molecule has 0 fully saturated rings. The van der Waals surface area contributed by atoms with Gasteiger partial charge in [-0.3, -0.25) is 28.8 Å². The summed E-state index contributed by atoms with van der Waals surface area (Å²) in [6, 6.07) is 9.09. The summed E-state index contributed by atoms with van der Waals surface area (Å²) in [5.74, 6) is -6.20. The summed E-state index contributed by atoms with van der Waals surface area (Å²) in [5, 5.41) is 23.7. The van der Waals surface area contributed by atoms with Crippen LogP contribution in [0.4, 0.5) is 0 Å². The first-order valence-electron chi connectivity index (χ1n) is 18.3. The minimum Gasteiger partial charge on any atom is -0.480 e. The van der Waals surface area contributed by atoms with E-state index in [0.29, 0.717) is 5.56 Å². The third-order valence-corrected chi connectivity index (χ3v) is 8.94. The van der Waals surface area contributed by atoms with Crippen LogP contribution >= 0.6 is 0 Å².